The van der Waals surface area contributed by atoms with Crippen molar-refractivity contribution < 1.29 is 14.2 Å². The molecule has 3 nitrogen and oxygen atoms in total. The van der Waals surface area contributed by atoms with Gasteiger partial charge in [0.05, 0.1) is 13.2 Å². The molecule has 0 spiro atoms. The van der Waals surface area contributed by atoms with Crippen LogP contribution in [0.1, 0.15) is 19.8 Å². The van der Waals surface area contributed by atoms with Crippen molar-refractivity contribution in [2.75, 3.05) is 19.8 Å². The van der Waals surface area contributed by atoms with Crippen molar-refractivity contribution in [2.24, 2.45) is 0 Å². The van der Waals surface area contributed by atoms with E-state index in [2.05, 4.69) is 6.92 Å². The summed E-state index contributed by atoms with van der Waals surface area (Å²) in [6.45, 7) is 4.33. The fourth-order valence-corrected chi connectivity index (χ4v) is 1.36. The lowest BCUT2D eigenvalue weighted by Gasteiger charge is -2.11. The highest BCUT2D eigenvalue weighted by Crippen LogP contribution is 2.27. The predicted molar refractivity (Wildman–Crippen MR) is 62.1 cm³/mol. The van der Waals surface area contributed by atoms with Crippen molar-refractivity contribution in [2.45, 2.75) is 25.9 Å². The molecule has 0 radical (unpaired) electrons. The van der Waals surface area contributed by atoms with Gasteiger partial charge in [0.2, 0.25) is 0 Å². The Morgan fingerprint density at radius 2 is 1.94 bits per heavy atom. The second kappa shape index (κ2) is 5.75. The van der Waals surface area contributed by atoms with Gasteiger partial charge in [-0.25, -0.2) is 0 Å². The second-order valence-electron chi connectivity index (χ2n) is 3.92. The Hall–Kier alpha value is -1.22. The van der Waals surface area contributed by atoms with E-state index < -0.39 is 0 Å². The minimum atomic E-state index is 0.281. The van der Waals surface area contributed by atoms with Crippen molar-refractivity contribution in [3.63, 3.8) is 0 Å². The summed E-state index contributed by atoms with van der Waals surface area (Å²) in [7, 11) is 0. The maximum atomic E-state index is 5.66. The highest BCUT2D eigenvalue weighted by atomic mass is 16.6. The molecule has 1 aromatic rings. The first-order valence-corrected chi connectivity index (χ1v) is 5.86. The highest BCUT2D eigenvalue weighted by Gasteiger charge is 2.23. The molecule has 0 N–H and O–H groups in total. The summed E-state index contributed by atoms with van der Waals surface area (Å²) in [5, 5.41) is 0. The third-order valence-corrected chi connectivity index (χ3v) is 2.43. The first-order chi connectivity index (χ1) is 7.90. The van der Waals surface area contributed by atoms with Crippen LogP contribution in [0.5, 0.6) is 11.5 Å². The lowest BCUT2D eigenvalue weighted by Crippen LogP contribution is -2.06. The summed E-state index contributed by atoms with van der Waals surface area (Å²) in [5.74, 6) is 1.64. The van der Waals surface area contributed by atoms with Crippen molar-refractivity contribution in [3.05, 3.63) is 24.3 Å². The van der Waals surface area contributed by atoms with Crippen LogP contribution in [0, 0.1) is 0 Å². The summed E-state index contributed by atoms with van der Waals surface area (Å²) in [6.07, 6.45) is 2.49. The largest absolute Gasteiger partial charge is 0.490 e. The van der Waals surface area contributed by atoms with Crippen LogP contribution in [-0.2, 0) is 4.74 Å². The molecule has 1 aliphatic heterocycles. The molecule has 0 saturated carbocycles. The molecule has 1 atom stereocenters. The molecule has 1 saturated heterocycles. The second-order valence-corrected chi connectivity index (χ2v) is 3.92. The molecule has 2 rings (SSSR count). The minimum absolute atomic E-state index is 0.281. The van der Waals surface area contributed by atoms with Gasteiger partial charge in [0.25, 0.3) is 0 Å². The number of hydrogen-bond acceptors (Lipinski definition) is 3. The molecular weight excluding hydrogens is 204 g/mol. The van der Waals surface area contributed by atoms with Crippen LogP contribution in [0.3, 0.4) is 0 Å². The fourth-order valence-electron chi connectivity index (χ4n) is 1.36. The van der Waals surface area contributed by atoms with Crippen LogP contribution >= 0.6 is 0 Å². The van der Waals surface area contributed by atoms with Gasteiger partial charge in [-0.15, -0.1) is 0 Å². The van der Waals surface area contributed by atoms with Gasteiger partial charge >= 0.3 is 0 Å². The molecule has 88 valence electrons. The van der Waals surface area contributed by atoms with Crippen LogP contribution in [0.25, 0.3) is 0 Å². The molecular formula is C13H18O3. The third-order valence-electron chi connectivity index (χ3n) is 2.43. The van der Waals surface area contributed by atoms with Crippen LogP contribution in [-0.4, -0.2) is 25.9 Å². The number of unbranched alkanes of at least 4 members (excludes halogenated alkanes) is 1. The Labute approximate surface area is 96.3 Å². The first kappa shape index (κ1) is 11.3. The van der Waals surface area contributed by atoms with Gasteiger partial charge in [0.15, 0.2) is 11.5 Å². The third kappa shape index (κ3) is 3.42. The SMILES string of the molecule is CCCCOc1ccccc1OCC1CO1. The molecule has 1 aromatic carbocycles. The molecule has 0 aromatic heterocycles. The summed E-state index contributed by atoms with van der Waals surface area (Å²) < 4.78 is 16.4. The number of rotatable bonds is 7. The van der Waals surface area contributed by atoms with Crippen LogP contribution < -0.4 is 9.47 Å². The fraction of sp³-hybridized carbons (Fsp3) is 0.538. The molecule has 0 amide bonds. The van der Waals surface area contributed by atoms with Crippen molar-refractivity contribution in [1.29, 1.82) is 0 Å². The summed E-state index contributed by atoms with van der Waals surface area (Å²) >= 11 is 0. The molecule has 1 aliphatic rings. The Morgan fingerprint density at radius 3 is 2.56 bits per heavy atom. The van der Waals surface area contributed by atoms with Crippen molar-refractivity contribution in [1.82, 2.24) is 0 Å². The lowest BCUT2D eigenvalue weighted by atomic mass is 10.3. The van der Waals surface area contributed by atoms with Crippen molar-refractivity contribution >= 4 is 0 Å². The summed E-state index contributed by atoms with van der Waals surface area (Å²) in [6, 6.07) is 7.79. The number of hydrogen-bond donors (Lipinski definition) is 0. The van der Waals surface area contributed by atoms with Gasteiger partial charge in [0.1, 0.15) is 12.7 Å². The number of epoxide rings is 1. The number of benzene rings is 1. The van der Waals surface area contributed by atoms with E-state index in [1.165, 1.54) is 0 Å². The van der Waals surface area contributed by atoms with Crippen LogP contribution in [0.2, 0.25) is 0 Å². The smallest absolute Gasteiger partial charge is 0.161 e. The van der Waals surface area contributed by atoms with Gasteiger partial charge in [-0.3, -0.25) is 0 Å². The average Bonchev–Trinajstić information content (AvgIpc) is 3.12. The Kier molecular flexibility index (Phi) is 4.05. The summed E-state index contributed by atoms with van der Waals surface area (Å²) in [5.41, 5.74) is 0. The van der Waals surface area contributed by atoms with E-state index in [0.29, 0.717) is 6.61 Å². The normalized spacial score (nSPS) is 18.2. The first-order valence-electron chi connectivity index (χ1n) is 5.86. The number of para-hydroxylation sites is 2. The van der Waals surface area contributed by atoms with E-state index in [0.717, 1.165) is 37.6 Å². The standard InChI is InChI=1S/C13H18O3/c1-2-3-8-14-12-6-4-5-7-13(12)16-10-11-9-15-11/h4-7,11H,2-3,8-10H2,1H3. The maximum absolute atomic E-state index is 5.66. The molecule has 16 heavy (non-hydrogen) atoms. The topological polar surface area (TPSA) is 31.0 Å². The Morgan fingerprint density at radius 1 is 1.25 bits per heavy atom. The quantitative estimate of drug-likeness (QED) is 0.525. The molecule has 1 heterocycles. The van der Waals surface area contributed by atoms with Gasteiger partial charge in [-0.05, 0) is 18.6 Å². The zero-order chi connectivity index (χ0) is 11.2. The molecule has 3 heteroatoms. The maximum Gasteiger partial charge on any atom is 0.161 e. The lowest BCUT2D eigenvalue weighted by molar-refractivity contribution is 0.240. The Bertz CT molecular complexity index is 321. The van der Waals surface area contributed by atoms with E-state index >= 15 is 0 Å². The molecule has 1 unspecified atom stereocenters. The minimum Gasteiger partial charge on any atom is -0.490 e. The summed E-state index contributed by atoms with van der Waals surface area (Å²) in [4.78, 5) is 0. The monoisotopic (exact) mass is 222 g/mol. The molecule has 0 bridgehead atoms. The van der Waals surface area contributed by atoms with E-state index in [1.54, 1.807) is 0 Å². The van der Waals surface area contributed by atoms with Crippen LogP contribution in [0.4, 0.5) is 0 Å². The van der Waals surface area contributed by atoms with E-state index in [9.17, 15) is 0 Å². The molecule has 0 aliphatic carbocycles. The van der Waals surface area contributed by atoms with Gasteiger partial charge in [-0.1, -0.05) is 25.5 Å². The molecule has 1 fully saturated rings. The zero-order valence-corrected chi connectivity index (χ0v) is 9.65. The predicted octanol–water partition coefficient (Wildman–Crippen LogP) is 2.64. The zero-order valence-electron chi connectivity index (χ0n) is 9.65. The van der Waals surface area contributed by atoms with Crippen LogP contribution in [0.15, 0.2) is 24.3 Å². The average molecular weight is 222 g/mol. The Balaban J connectivity index is 1.87. The van der Waals surface area contributed by atoms with E-state index in [-0.39, 0.29) is 6.10 Å². The van der Waals surface area contributed by atoms with E-state index in [4.69, 9.17) is 14.2 Å². The number of ether oxygens (including phenoxy) is 3. The highest BCUT2D eigenvalue weighted by molar-refractivity contribution is 5.39. The van der Waals surface area contributed by atoms with E-state index in [1.807, 2.05) is 24.3 Å². The van der Waals surface area contributed by atoms with Gasteiger partial charge < -0.3 is 14.2 Å². The van der Waals surface area contributed by atoms with Gasteiger partial charge in [-0.2, -0.15) is 0 Å². The van der Waals surface area contributed by atoms with Gasteiger partial charge in [0, 0.05) is 0 Å². The van der Waals surface area contributed by atoms with Crippen molar-refractivity contribution in [3.8, 4) is 11.5 Å².